The zero-order valence-electron chi connectivity index (χ0n) is 11.7. The lowest BCUT2D eigenvalue weighted by Crippen LogP contribution is -2.25. The van der Waals surface area contributed by atoms with E-state index in [2.05, 4.69) is 0 Å². The van der Waals surface area contributed by atoms with Crippen LogP contribution in [0, 0.1) is 5.82 Å². The minimum Gasteiger partial charge on any atom is -0.497 e. The van der Waals surface area contributed by atoms with Gasteiger partial charge in [-0.25, -0.2) is 4.39 Å². The van der Waals surface area contributed by atoms with Crippen LogP contribution < -0.4 is 4.74 Å². The Morgan fingerprint density at radius 3 is 2.81 bits per heavy atom. The Morgan fingerprint density at radius 1 is 1.29 bits per heavy atom. The van der Waals surface area contributed by atoms with Crippen molar-refractivity contribution in [3.05, 3.63) is 63.9 Å². The van der Waals surface area contributed by atoms with E-state index in [9.17, 15) is 9.50 Å². The molecule has 0 fully saturated rings. The van der Waals surface area contributed by atoms with Crippen LogP contribution in [0.3, 0.4) is 0 Å². The van der Waals surface area contributed by atoms with E-state index in [1.165, 1.54) is 12.1 Å². The largest absolute Gasteiger partial charge is 0.497 e. The SMILES string of the molecule is COc1ccc2c(c1)C(O)(Cc1ccc(F)cc1Cl)CC2. The first kappa shape index (κ1) is 14.4. The normalized spacial score (nSPS) is 20.4. The van der Waals surface area contributed by atoms with Gasteiger partial charge in [0.2, 0.25) is 0 Å². The molecule has 0 bridgehead atoms. The quantitative estimate of drug-likeness (QED) is 0.933. The minimum absolute atomic E-state index is 0.347. The van der Waals surface area contributed by atoms with Gasteiger partial charge in [-0.2, -0.15) is 0 Å². The second kappa shape index (κ2) is 5.32. The Kier molecular flexibility index (Phi) is 3.64. The number of hydrogen-bond donors (Lipinski definition) is 1. The highest BCUT2D eigenvalue weighted by Crippen LogP contribution is 2.41. The van der Waals surface area contributed by atoms with Gasteiger partial charge in [0.1, 0.15) is 11.6 Å². The monoisotopic (exact) mass is 306 g/mol. The van der Waals surface area contributed by atoms with Crippen molar-refractivity contribution in [3.8, 4) is 5.75 Å². The van der Waals surface area contributed by atoms with Crippen LogP contribution in [-0.2, 0) is 18.4 Å². The van der Waals surface area contributed by atoms with Crippen molar-refractivity contribution in [3.63, 3.8) is 0 Å². The molecule has 0 saturated heterocycles. The van der Waals surface area contributed by atoms with Crippen LogP contribution in [0.4, 0.5) is 4.39 Å². The first-order valence-corrected chi connectivity index (χ1v) is 7.23. The van der Waals surface area contributed by atoms with Crippen molar-refractivity contribution in [1.29, 1.82) is 0 Å². The number of aryl methyl sites for hydroxylation is 1. The van der Waals surface area contributed by atoms with E-state index in [1.807, 2.05) is 18.2 Å². The van der Waals surface area contributed by atoms with E-state index >= 15 is 0 Å². The number of rotatable bonds is 3. The molecule has 0 heterocycles. The third-order valence-corrected chi connectivity index (χ3v) is 4.48. The van der Waals surface area contributed by atoms with Gasteiger partial charge < -0.3 is 9.84 Å². The molecule has 0 aliphatic heterocycles. The predicted octanol–water partition coefficient (Wildman–Crippen LogP) is 3.86. The maximum Gasteiger partial charge on any atom is 0.124 e. The third-order valence-electron chi connectivity index (χ3n) is 4.12. The van der Waals surface area contributed by atoms with Gasteiger partial charge in [-0.1, -0.05) is 23.7 Å². The molecule has 0 saturated carbocycles. The Balaban J connectivity index is 1.96. The Bertz CT molecular complexity index is 686. The maximum atomic E-state index is 13.1. The Morgan fingerprint density at radius 2 is 2.10 bits per heavy atom. The zero-order valence-corrected chi connectivity index (χ0v) is 12.5. The van der Waals surface area contributed by atoms with Gasteiger partial charge in [0, 0.05) is 11.4 Å². The van der Waals surface area contributed by atoms with Crippen LogP contribution in [0.1, 0.15) is 23.1 Å². The fraction of sp³-hybridized carbons (Fsp3) is 0.294. The van der Waals surface area contributed by atoms with Crippen LogP contribution in [0.2, 0.25) is 5.02 Å². The summed E-state index contributed by atoms with van der Waals surface area (Å²) in [6.07, 6.45) is 1.81. The lowest BCUT2D eigenvalue weighted by atomic mass is 9.88. The molecule has 1 aliphatic rings. The summed E-state index contributed by atoms with van der Waals surface area (Å²) in [6, 6.07) is 10.0. The van der Waals surface area contributed by atoms with E-state index in [0.717, 1.165) is 28.9 Å². The molecule has 1 aliphatic carbocycles. The Labute approximate surface area is 128 Å². The topological polar surface area (TPSA) is 29.5 Å². The molecule has 4 heteroatoms. The second-order valence-electron chi connectivity index (χ2n) is 5.47. The molecule has 1 atom stereocenters. The second-order valence-corrected chi connectivity index (χ2v) is 5.87. The van der Waals surface area contributed by atoms with Crippen LogP contribution in [0.25, 0.3) is 0 Å². The van der Waals surface area contributed by atoms with Crippen molar-refractivity contribution >= 4 is 11.6 Å². The highest BCUT2D eigenvalue weighted by atomic mass is 35.5. The maximum absolute atomic E-state index is 13.1. The number of methoxy groups -OCH3 is 1. The highest BCUT2D eigenvalue weighted by Gasteiger charge is 2.37. The number of aliphatic hydroxyl groups is 1. The van der Waals surface area contributed by atoms with Crippen LogP contribution in [0.15, 0.2) is 36.4 Å². The fourth-order valence-corrected chi connectivity index (χ4v) is 3.21. The van der Waals surface area contributed by atoms with Gasteiger partial charge in [-0.15, -0.1) is 0 Å². The van der Waals surface area contributed by atoms with Crippen molar-refractivity contribution in [2.24, 2.45) is 0 Å². The minimum atomic E-state index is -0.981. The molecule has 0 aromatic heterocycles. The number of fused-ring (bicyclic) bond motifs is 1. The molecule has 2 aromatic rings. The third kappa shape index (κ3) is 2.63. The average molecular weight is 307 g/mol. The van der Waals surface area contributed by atoms with Gasteiger partial charge in [-0.3, -0.25) is 0 Å². The van der Waals surface area contributed by atoms with E-state index in [4.69, 9.17) is 16.3 Å². The molecule has 0 spiro atoms. The predicted molar refractivity (Wildman–Crippen MR) is 80.3 cm³/mol. The number of hydrogen-bond acceptors (Lipinski definition) is 2. The van der Waals surface area contributed by atoms with Crippen molar-refractivity contribution in [1.82, 2.24) is 0 Å². The molecule has 110 valence electrons. The molecule has 3 rings (SSSR count). The van der Waals surface area contributed by atoms with E-state index < -0.39 is 5.60 Å². The summed E-state index contributed by atoms with van der Waals surface area (Å²) in [6.45, 7) is 0. The van der Waals surface area contributed by atoms with E-state index in [0.29, 0.717) is 17.9 Å². The van der Waals surface area contributed by atoms with E-state index in [-0.39, 0.29) is 5.82 Å². The van der Waals surface area contributed by atoms with Crippen LogP contribution in [-0.4, -0.2) is 12.2 Å². The number of ether oxygens (including phenoxy) is 1. The van der Waals surface area contributed by atoms with Crippen molar-refractivity contribution in [2.45, 2.75) is 24.9 Å². The average Bonchev–Trinajstić information content (AvgIpc) is 2.79. The standard InChI is InChI=1S/C17H16ClFO2/c1-21-14-5-3-11-6-7-17(20,15(11)9-14)10-12-2-4-13(19)8-16(12)18/h2-5,8-9,20H,6-7,10H2,1H3. The molecule has 0 radical (unpaired) electrons. The highest BCUT2D eigenvalue weighted by molar-refractivity contribution is 6.31. The smallest absolute Gasteiger partial charge is 0.124 e. The molecule has 2 aromatic carbocycles. The zero-order chi connectivity index (χ0) is 15.0. The van der Waals surface area contributed by atoms with Gasteiger partial charge >= 0.3 is 0 Å². The van der Waals surface area contributed by atoms with Crippen molar-refractivity contribution < 1.29 is 14.2 Å². The summed E-state index contributed by atoms with van der Waals surface area (Å²) >= 11 is 6.08. The summed E-state index contributed by atoms with van der Waals surface area (Å²) < 4.78 is 18.4. The summed E-state index contributed by atoms with van der Waals surface area (Å²) in [7, 11) is 1.60. The molecule has 0 amide bonds. The van der Waals surface area contributed by atoms with Gasteiger partial charge in [0.15, 0.2) is 0 Å². The van der Waals surface area contributed by atoms with Crippen LogP contribution in [0.5, 0.6) is 5.75 Å². The molecule has 2 nitrogen and oxygen atoms in total. The number of halogens is 2. The molecule has 1 N–H and O–H groups in total. The molecule has 21 heavy (non-hydrogen) atoms. The first-order valence-electron chi connectivity index (χ1n) is 6.85. The number of benzene rings is 2. The fourth-order valence-electron chi connectivity index (χ4n) is 2.97. The summed E-state index contributed by atoms with van der Waals surface area (Å²) in [5, 5.41) is 11.3. The Hall–Kier alpha value is -1.58. The molecule has 1 unspecified atom stereocenters. The molecular weight excluding hydrogens is 291 g/mol. The first-order chi connectivity index (χ1) is 10.0. The van der Waals surface area contributed by atoms with Crippen LogP contribution >= 0.6 is 11.6 Å². The van der Waals surface area contributed by atoms with Gasteiger partial charge in [0.05, 0.1) is 12.7 Å². The lowest BCUT2D eigenvalue weighted by Gasteiger charge is -2.25. The van der Waals surface area contributed by atoms with Crippen molar-refractivity contribution in [2.75, 3.05) is 7.11 Å². The summed E-state index contributed by atoms with van der Waals surface area (Å²) in [5.74, 6) is 0.350. The van der Waals surface area contributed by atoms with E-state index in [1.54, 1.807) is 13.2 Å². The molecular formula is C17H16ClFO2. The lowest BCUT2D eigenvalue weighted by molar-refractivity contribution is 0.0388. The summed E-state index contributed by atoms with van der Waals surface area (Å²) in [5.41, 5.74) is 1.76. The van der Waals surface area contributed by atoms with Gasteiger partial charge in [0.25, 0.3) is 0 Å². The summed E-state index contributed by atoms with van der Waals surface area (Å²) in [4.78, 5) is 0. The van der Waals surface area contributed by atoms with Gasteiger partial charge in [-0.05, 0) is 53.8 Å².